The Kier molecular flexibility index (Phi) is 4.18. The first-order valence-electron chi connectivity index (χ1n) is 11.6. The standard InChI is InChI=1S/C32H22N2/c1-3-11-23(12-4-1)24-18-20-26(21-19-24)34-28-16-8-7-15-27(28)30-31(25-13-5-2-6-14-25)33-22-10-9-17-29(33)32(30)34/h1-22H. The topological polar surface area (TPSA) is 9.34 Å². The van der Waals surface area contributed by atoms with E-state index < -0.39 is 0 Å². The highest BCUT2D eigenvalue weighted by molar-refractivity contribution is 6.20. The fourth-order valence-electron chi connectivity index (χ4n) is 5.25. The molecule has 2 nitrogen and oxygen atoms in total. The number of hydrogen-bond acceptors (Lipinski definition) is 0. The molecule has 0 bridgehead atoms. The van der Waals surface area contributed by atoms with Crippen molar-refractivity contribution in [1.82, 2.24) is 8.97 Å². The van der Waals surface area contributed by atoms with Gasteiger partial charge in [0.05, 0.1) is 22.2 Å². The Hall–Kier alpha value is -4.56. The van der Waals surface area contributed by atoms with Crippen LogP contribution in [0.2, 0.25) is 0 Å². The summed E-state index contributed by atoms with van der Waals surface area (Å²) in [5, 5.41) is 2.56. The van der Waals surface area contributed by atoms with Crippen LogP contribution < -0.4 is 0 Å². The lowest BCUT2D eigenvalue weighted by Gasteiger charge is -2.10. The maximum atomic E-state index is 2.42. The Morgan fingerprint density at radius 1 is 0.441 bits per heavy atom. The van der Waals surface area contributed by atoms with Crippen LogP contribution in [0, 0.1) is 0 Å². The van der Waals surface area contributed by atoms with Crippen molar-refractivity contribution in [2.75, 3.05) is 0 Å². The van der Waals surface area contributed by atoms with Gasteiger partial charge in [-0.05, 0) is 47.0 Å². The number of aromatic nitrogens is 2. The third kappa shape index (κ3) is 2.76. The van der Waals surface area contributed by atoms with Crippen LogP contribution in [0.4, 0.5) is 0 Å². The highest BCUT2D eigenvalue weighted by Gasteiger charge is 2.22. The lowest BCUT2D eigenvalue weighted by molar-refractivity contribution is 1.17. The quantitative estimate of drug-likeness (QED) is 0.264. The second-order valence-corrected chi connectivity index (χ2v) is 8.66. The number of pyridine rings is 1. The monoisotopic (exact) mass is 434 g/mol. The van der Waals surface area contributed by atoms with Crippen LogP contribution in [0.25, 0.3) is 55.4 Å². The lowest BCUT2D eigenvalue weighted by atomic mass is 10.1. The molecule has 0 unspecified atom stereocenters. The molecule has 0 fully saturated rings. The van der Waals surface area contributed by atoms with Gasteiger partial charge in [-0.1, -0.05) is 97.1 Å². The fourth-order valence-corrected chi connectivity index (χ4v) is 5.25. The van der Waals surface area contributed by atoms with Gasteiger partial charge in [-0.2, -0.15) is 0 Å². The van der Waals surface area contributed by atoms with Crippen LogP contribution in [0.5, 0.6) is 0 Å². The number of hydrogen-bond donors (Lipinski definition) is 0. The second kappa shape index (κ2) is 7.50. The molecule has 0 saturated carbocycles. The predicted molar refractivity (Wildman–Crippen MR) is 143 cm³/mol. The van der Waals surface area contributed by atoms with Crippen LogP contribution in [0.15, 0.2) is 134 Å². The summed E-state index contributed by atoms with van der Waals surface area (Å²) in [7, 11) is 0. The molecule has 0 atom stereocenters. The van der Waals surface area contributed by atoms with Gasteiger partial charge < -0.3 is 8.97 Å². The molecule has 2 heteroatoms. The first-order chi connectivity index (χ1) is 16.9. The first kappa shape index (κ1) is 19.0. The molecule has 0 aliphatic carbocycles. The lowest BCUT2D eigenvalue weighted by Crippen LogP contribution is -1.95. The van der Waals surface area contributed by atoms with Gasteiger partial charge in [0.2, 0.25) is 0 Å². The number of nitrogens with zero attached hydrogens (tertiary/aromatic N) is 2. The average molecular weight is 435 g/mol. The van der Waals surface area contributed by atoms with Gasteiger partial charge in [0.1, 0.15) is 0 Å². The molecule has 4 aromatic carbocycles. The molecule has 34 heavy (non-hydrogen) atoms. The van der Waals surface area contributed by atoms with Crippen LogP contribution in [0.3, 0.4) is 0 Å². The van der Waals surface area contributed by atoms with Crippen LogP contribution in [-0.4, -0.2) is 8.97 Å². The van der Waals surface area contributed by atoms with E-state index >= 15 is 0 Å². The fraction of sp³-hybridized carbons (Fsp3) is 0. The zero-order valence-corrected chi connectivity index (χ0v) is 18.6. The molecule has 0 saturated heterocycles. The van der Waals surface area contributed by atoms with Gasteiger partial charge in [-0.3, -0.25) is 0 Å². The van der Waals surface area contributed by atoms with Crippen LogP contribution >= 0.6 is 0 Å². The van der Waals surface area contributed by atoms with Gasteiger partial charge in [-0.15, -0.1) is 0 Å². The Morgan fingerprint density at radius 3 is 1.79 bits per heavy atom. The maximum Gasteiger partial charge on any atom is 0.0803 e. The molecular formula is C32H22N2. The molecule has 3 aromatic heterocycles. The largest absolute Gasteiger partial charge is 0.314 e. The zero-order chi connectivity index (χ0) is 22.5. The van der Waals surface area contributed by atoms with Crippen LogP contribution in [-0.2, 0) is 0 Å². The summed E-state index contributed by atoms with van der Waals surface area (Å²) in [6.45, 7) is 0. The number of para-hydroxylation sites is 1. The molecule has 160 valence electrons. The van der Waals surface area contributed by atoms with E-state index in [1.165, 1.54) is 55.4 Å². The van der Waals surface area contributed by atoms with E-state index in [0.29, 0.717) is 0 Å². The van der Waals surface area contributed by atoms with E-state index in [4.69, 9.17) is 0 Å². The van der Waals surface area contributed by atoms with Crippen molar-refractivity contribution in [2.24, 2.45) is 0 Å². The Balaban J connectivity index is 1.57. The zero-order valence-electron chi connectivity index (χ0n) is 18.6. The molecule has 0 N–H and O–H groups in total. The summed E-state index contributed by atoms with van der Waals surface area (Å²) in [5.41, 5.74) is 9.77. The summed E-state index contributed by atoms with van der Waals surface area (Å²) in [5.74, 6) is 0. The Bertz CT molecular complexity index is 1760. The molecule has 0 radical (unpaired) electrons. The summed E-state index contributed by atoms with van der Waals surface area (Å²) < 4.78 is 4.75. The van der Waals surface area contributed by atoms with Crippen molar-refractivity contribution in [1.29, 1.82) is 0 Å². The van der Waals surface area contributed by atoms with E-state index in [2.05, 4.69) is 143 Å². The second-order valence-electron chi connectivity index (χ2n) is 8.66. The smallest absolute Gasteiger partial charge is 0.0803 e. The van der Waals surface area contributed by atoms with Gasteiger partial charge in [-0.25, -0.2) is 0 Å². The number of rotatable bonds is 3. The van der Waals surface area contributed by atoms with Gasteiger partial charge >= 0.3 is 0 Å². The first-order valence-corrected chi connectivity index (χ1v) is 11.6. The van der Waals surface area contributed by atoms with Gasteiger partial charge in [0, 0.05) is 22.7 Å². The molecule has 7 aromatic rings. The highest BCUT2D eigenvalue weighted by Crippen LogP contribution is 2.42. The van der Waals surface area contributed by atoms with E-state index in [0.717, 1.165) is 0 Å². The van der Waals surface area contributed by atoms with E-state index in [1.54, 1.807) is 0 Å². The average Bonchev–Trinajstić information content (AvgIpc) is 3.43. The Morgan fingerprint density at radius 2 is 1.03 bits per heavy atom. The van der Waals surface area contributed by atoms with Crippen molar-refractivity contribution < 1.29 is 0 Å². The third-order valence-corrected chi connectivity index (χ3v) is 6.73. The maximum absolute atomic E-state index is 2.42. The van der Waals surface area contributed by atoms with Gasteiger partial charge in [0.25, 0.3) is 0 Å². The van der Waals surface area contributed by atoms with E-state index in [-0.39, 0.29) is 0 Å². The van der Waals surface area contributed by atoms with Crippen molar-refractivity contribution in [3.63, 3.8) is 0 Å². The predicted octanol–water partition coefficient (Wildman–Crippen LogP) is 8.37. The molecule has 0 amide bonds. The summed E-state index contributed by atoms with van der Waals surface area (Å²) >= 11 is 0. The van der Waals surface area contributed by atoms with Crippen molar-refractivity contribution in [3.05, 3.63) is 134 Å². The Labute approximate surface area is 198 Å². The van der Waals surface area contributed by atoms with Crippen molar-refractivity contribution in [3.8, 4) is 28.1 Å². The van der Waals surface area contributed by atoms with Gasteiger partial charge in [0.15, 0.2) is 0 Å². The van der Waals surface area contributed by atoms with Crippen molar-refractivity contribution in [2.45, 2.75) is 0 Å². The van der Waals surface area contributed by atoms with E-state index in [1.807, 2.05) is 0 Å². The molecule has 0 aliphatic rings. The van der Waals surface area contributed by atoms with Crippen LogP contribution in [0.1, 0.15) is 0 Å². The summed E-state index contributed by atoms with van der Waals surface area (Å²) in [4.78, 5) is 0. The summed E-state index contributed by atoms with van der Waals surface area (Å²) in [6.07, 6.45) is 2.18. The SMILES string of the molecule is c1ccc(-c2ccc(-n3c4ccccc4c4c(-c5ccccc5)n5ccccc5c43)cc2)cc1. The minimum absolute atomic E-state index is 1.17. The minimum atomic E-state index is 1.17. The minimum Gasteiger partial charge on any atom is -0.314 e. The highest BCUT2D eigenvalue weighted by atomic mass is 15.0. The summed E-state index contributed by atoms with van der Waals surface area (Å²) in [6, 6.07) is 45.4. The number of benzene rings is 4. The molecular weight excluding hydrogens is 412 g/mol. The molecule has 0 aliphatic heterocycles. The molecule has 0 spiro atoms. The normalized spacial score (nSPS) is 11.5. The molecule has 7 rings (SSSR count). The van der Waals surface area contributed by atoms with Crippen molar-refractivity contribution >= 4 is 27.3 Å². The molecule has 3 heterocycles. The third-order valence-electron chi connectivity index (χ3n) is 6.73. The van der Waals surface area contributed by atoms with E-state index in [9.17, 15) is 0 Å². The number of fused-ring (bicyclic) bond motifs is 5.